The highest BCUT2D eigenvalue weighted by atomic mass is 79.9. The van der Waals surface area contributed by atoms with Crippen molar-refractivity contribution in [2.45, 2.75) is 26.4 Å². The predicted octanol–water partition coefficient (Wildman–Crippen LogP) is 3.77. The Morgan fingerprint density at radius 3 is 2.33 bits per heavy atom. The molecular formula is C13H19Br2NO2. The molecule has 0 aliphatic carbocycles. The fourth-order valence-electron chi connectivity index (χ4n) is 1.87. The zero-order valence-electron chi connectivity index (χ0n) is 10.9. The van der Waals surface area contributed by atoms with Gasteiger partial charge in [-0.3, -0.25) is 4.90 Å². The first-order valence-electron chi connectivity index (χ1n) is 5.89. The van der Waals surface area contributed by atoms with Crippen LogP contribution in [-0.2, 0) is 11.3 Å². The average molecular weight is 381 g/mol. The zero-order valence-corrected chi connectivity index (χ0v) is 14.1. The third kappa shape index (κ3) is 4.23. The number of likely N-dealkylation sites (N-methyl/N-ethyl adjacent to an activating group) is 1. The lowest BCUT2D eigenvalue weighted by Gasteiger charge is -2.27. The minimum atomic E-state index is 0.242. The van der Waals surface area contributed by atoms with Crippen molar-refractivity contribution in [1.82, 2.24) is 4.90 Å². The number of methoxy groups -OCH3 is 1. The summed E-state index contributed by atoms with van der Waals surface area (Å²) in [7, 11) is 1.72. The summed E-state index contributed by atoms with van der Waals surface area (Å²) in [6.45, 7) is 6.79. The van der Waals surface area contributed by atoms with E-state index in [9.17, 15) is 5.11 Å². The number of phenols is 1. The molecule has 18 heavy (non-hydrogen) atoms. The minimum absolute atomic E-state index is 0.242. The summed E-state index contributed by atoms with van der Waals surface area (Å²) in [6, 6.07) is 4.26. The molecule has 5 heteroatoms. The maximum Gasteiger partial charge on any atom is 0.143 e. The minimum Gasteiger partial charge on any atom is -0.506 e. The second-order valence-corrected chi connectivity index (χ2v) is 5.98. The van der Waals surface area contributed by atoms with Crippen molar-refractivity contribution in [3.8, 4) is 5.75 Å². The number of halogens is 2. The molecule has 0 radical (unpaired) electrons. The number of phenolic OH excluding ortho intramolecular Hbond substituents is 1. The van der Waals surface area contributed by atoms with Gasteiger partial charge >= 0.3 is 0 Å². The van der Waals surface area contributed by atoms with Gasteiger partial charge in [0.15, 0.2) is 0 Å². The van der Waals surface area contributed by atoms with Crippen molar-refractivity contribution >= 4 is 31.9 Å². The molecule has 0 fully saturated rings. The molecule has 102 valence electrons. The van der Waals surface area contributed by atoms with Crippen LogP contribution in [0.2, 0.25) is 0 Å². The van der Waals surface area contributed by atoms with Gasteiger partial charge in [-0.25, -0.2) is 0 Å². The maximum atomic E-state index is 9.69. The molecule has 1 aromatic rings. The van der Waals surface area contributed by atoms with Crippen LogP contribution in [-0.4, -0.2) is 36.3 Å². The van der Waals surface area contributed by atoms with Crippen molar-refractivity contribution in [1.29, 1.82) is 0 Å². The summed E-state index contributed by atoms with van der Waals surface area (Å²) < 4.78 is 6.61. The predicted molar refractivity (Wildman–Crippen MR) is 80.9 cm³/mol. The Morgan fingerprint density at radius 2 is 1.89 bits per heavy atom. The van der Waals surface area contributed by atoms with Gasteiger partial charge in [0.2, 0.25) is 0 Å². The summed E-state index contributed by atoms with van der Waals surface area (Å²) >= 11 is 6.71. The van der Waals surface area contributed by atoms with Crippen molar-refractivity contribution < 1.29 is 9.84 Å². The first-order valence-corrected chi connectivity index (χ1v) is 7.48. The van der Waals surface area contributed by atoms with E-state index in [0.29, 0.717) is 21.6 Å². The largest absolute Gasteiger partial charge is 0.506 e. The molecule has 0 saturated carbocycles. The maximum absolute atomic E-state index is 9.69. The molecule has 0 amide bonds. The monoisotopic (exact) mass is 379 g/mol. The summed E-state index contributed by atoms with van der Waals surface area (Å²) in [4.78, 5) is 2.33. The van der Waals surface area contributed by atoms with Crippen molar-refractivity contribution in [2.24, 2.45) is 0 Å². The van der Waals surface area contributed by atoms with Gasteiger partial charge in [-0.2, -0.15) is 0 Å². The molecule has 0 aliphatic heterocycles. The van der Waals surface area contributed by atoms with Gasteiger partial charge in [-0.05, 0) is 63.0 Å². The lowest BCUT2D eigenvalue weighted by molar-refractivity contribution is 0.0981. The molecule has 0 aliphatic rings. The lowest BCUT2D eigenvalue weighted by Crippen LogP contribution is -2.35. The van der Waals surface area contributed by atoms with Gasteiger partial charge in [0.1, 0.15) is 5.75 Å². The molecular weight excluding hydrogens is 362 g/mol. The Kier molecular flexibility index (Phi) is 6.63. The smallest absolute Gasteiger partial charge is 0.143 e. The summed E-state index contributed by atoms with van der Waals surface area (Å²) in [5, 5.41) is 9.69. The van der Waals surface area contributed by atoms with E-state index in [4.69, 9.17) is 4.74 Å². The molecule has 0 saturated heterocycles. The van der Waals surface area contributed by atoms with Gasteiger partial charge in [-0.15, -0.1) is 0 Å². The second kappa shape index (κ2) is 7.48. The molecule has 0 bridgehead atoms. The van der Waals surface area contributed by atoms with E-state index in [1.807, 2.05) is 12.1 Å². The van der Waals surface area contributed by atoms with Gasteiger partial charge in [0, 0.05) is 19.7 Å². The Balaban J connectivity index is 2.82. The number of benzene rings is 1. The molecule has 0 aromatic heterocycles. The molecule has 3 nitrogen and oxygen atoms in total. The Labute approximate surface area is 125 Å². The fraction of sp³-hybridized carbons (Fsp3) is 0.538. The number of ether oxygens (including phenoxy) is 1. The average Bonchev–Trinajstić information content (AvgIpc) is 2.33. The molecule has 1 unspecified atom stereocenters. The van der Waals surface area contributed by atoms with E-state index >= 15 is 0 Å². The molecule has 1 atom stereocenters. The van der Waals surface area contributed by atoms with E-state index in [1.54, 1.807) is 7.11 Å². The fourth-order valence-corrected chi connectivity index (χ4v) is 3.15. The quantitative estimate of drug-likeness (QED) is 0.815. The molecule has 1 N–H and O–H groups in total. The highest BCUT2D eigenvalue weighted by Gasteiger charge is 2.14. The van der Waals surface area contributed by atoms with Crippen LogP contribution >= 0.6 is 31.9 Å². The topological polar surface area (TPSA) is 32.7 Å². The van der Waals surface area contributed by atoms with Crippen LogP contribution in [0.15, 0.2) is 21.1 Å². The lowest BCUT2D eigenvalue weighted by atomic mass is 10.2. The molecule has 0 spiro atoms. The van der Waals surface area contributed by atoms with E-state index < -0.39 is 0 Å². The van der Waals surface area contributed by atoms with E-state index in [2.05, 4.69) is 50.6 Å². The number of hydrogen-bond acceptors (Lipinski definition) is 3. The van der Waals surface area contributed by atoms with Crippen LogP contribution in [0, 0.1) is 0 Å². The number of rotatable bonds is 6. The van der Waals surface area contributed by atoms with Crippen molar-refractivity contribution in [3.05, 3.63) is 26.6 Å². The number of nitrogens with zero attached hydrogens (tertiary/aromatic N) is 1. The van der Waals surface area contributed by atoms with E-state index in [0.717, 1.165) is 18.7 Å². The summed E-state index contributed by atoms with van der Waals surface area (Å²) in [5.74, 6) is 0.242. The van der Waals surface area contributed by atoms with Gasteiger partial charge in [0.25, 0.3) is 0 Å². The van der Waals surface area contributed by atoms with Crippen molar-refractivity contribution in [3.63, 3.8) is 0 Å². The molecule has 1 aromatic carbocycles. The number of aromatic hydroxyl groups is 1. The van der Waals surface area contributed by atoms with Gasteiger partial charge < -0.3 is 9.84 Å². The molecule has 0 heterocycles. The van der Waals surface area contributed by atoms with Gasteiger partial charge in [-0.1, -0.05) is 6.92 Å². The van der Waals surface area contributed by atoms with Crippen LogP contribution < -0.4 is 0 Å². The third-order valence-corrected chi connectivity index (χ3v) is 4.11. The van der Waals surface area contributed by atoms with Crippen LogP contribution in [0.4, 0.5) is 0 Å². The van der Waals surface area contributed by atoms with Crippen LogP contribution in [0.5, 0.6) is 5.75 Å². The third-order valence-electron chi connectivity index (χ3n) is 2.90. The first-order chi connectivity index (χ1) is 8.49. The Morgan fingerprint density at radius 1 is 1.33 bits per heavy atom. The van der Waals surface area contributed by atoms with Crippen LogP contribution in [0.1, 0.15) is 19.4 Å². The van der Waals surface area contributed by atoms with E-state index in [-0.39, 0.29) is 5.75 Å². The highest BCUT2D eigenvalue weighted by Crippen LogP contribution is 2.33. The molecule has 1 rings (SSSR count). The Hall–Kier alpha value is -0.100. The zero-order chi connectivity index (χ0) is 13.7. The van der Waals surface area contributed by atoms with E-state index in [1.165, 1.54) is 0 Å². The number of hydrogen-bond donors (Lipinski definition) is 1. The SMILES string of the molecule is CCN(Cc1cc(Br)c(O)c(Br)c1)C(C)COC. The van der Waals surface area contributed by atoms with Crippen LogP contribution in [0.3, 0.4) is 0 Å². The summed E-state index contributed by atoms with van der Waals surface area (Å²) in [6.07, 6.45) is 0. The second-order valence-electron chi connectivity index (χ2n) is 4.28. The van der Waals surface area contributed by atoms with Gasteiger partial charge in [0.05, 0.1) is 15.6 Å². The first kappa shape index (κ1) is 16.0. The van der Waals surface area contributed by atoms with Crippen LogP contribution in [0.25, 0.3) is 0 Å². The normalized spacial score (nSPS) is 13.0. The standard InChI is InChI=1S/C13H19Br2NO2/c1-4-16(9(2)8-18-3)7-10-5-11(14)13(17)12(15)6-10/h5-6,9,17H,4,7-8H2,1-3H3. The highest BCUT2D eigenvalue weighted by molar-refractivity contribution is 9.11. The van der Waals surface area contributed by atoms with Crippen molar-refractivity contribution in [2.75, 3.05) is 20.3 Å². The summed E-state index contributed by atoms with van der Waals surface area (Å²) in [5.41, 5.74) is 1.15. The Bertz CT molecular complexity index is 376.